The number of amides is 3. The number of urea groups is 1. The van der Waals surface area contributed by atoms with Crippen LogP contribution in [0.2, 0.25) is 0 Å². The van der Waals surface area contributed by atoms with Gasteiger partial charge in [0.25, 0.3) is 0 Å². The number of anilines is 1. The molecular weight excluding hydrogens is 514 g/mol. The van der Waals surface area contributed by atoms with Gasteiger partial charge in [-0.15, -0.1) is 0 Å². The Bertz CT molecular complexity index is 1600. The number of nitrogens with one attached hydrogen (secondary N) is 2. The van der Waals surface area contributed by atoms with E-state index < -0.39 is 5.41 Å². The Morgan fingerprint density at radius 3 is 2.78 bits per heavy atom. The minimum atomic E-state index is -0.612. The van der Waals surface area contributed by atoms with Crippen LogP contribution in [0.4, 0.5) is 10.6 Å². The molecule has 7 rings (SSSR count). The van der Waals surface area contributed by atoms with Crippen molar-refractivity contribution in [1.29, 1.82) is 0 Å². The third-order valence-corrected chi connectivity index (χ3v) is 9.30. The van der Waals surface area contributed by atoms with Crippen LogP contribution >= 0.6 is 0 Å². The van der Waals surface area contributed by atoms with E-state index in [9.17, 15) is 9.59 Å². The summed E-state index contributed by atoms with van der Waals surface area (Å²) < 4.78 is 2.32. The van der Waals surface area contributed by atoms with Crippen LogP contribution in [0.5, 0.6) is 0 Å². The van der Waals surface area contributed by atoms with E-state index in [1.165, 1.54) is 33.5 Å². The van der Waals surface area contributed by atoms with Crippen molar-refractivity contribution in [2.24, 2.45) is 10.4 Å². The number of likely N-dealkylation sites (tertiary alicyclic amines) is 1. The molecule has 0 radical (unpaired) electrons. The summed E-state index contributed by atoms with van der Waals surface area (Å²) in [6.07, 6.45) is 8.43. The van der Waals surface area contributed by atoms with E-state index in [4.69, 9.17) is 4.98 Å². The molecule has 0 bridgehead atoms. The van der Waals surface area contributed by atoms with E-state index in [1.807, 2.05) is 29.4 Å². The number of fused-ring (bicyclic) bond motifs is 6. The topological polar surface area (TPSA) is 105 Å². The largest absolute Gasteiger partial charge is 0.328 e. The molecule has 0 unspecified atom stereocenters. The number of pyridine rings is 1. The van der Waals surface area contributed by atoms with E-state index >= 15 is 0 Å². The standard InChI is InChI=1S/C32H37N7O2/c1-19-12-20-13-26(28-35-15-21(14-31(2,3)4)39(28)18-24(20)23-17-33-16-22(19)23)36-30(41)38-10-7-32(8-11-38)25-6-5-9-34-27(25)37-29(32)40/h5-6,9,12,15,17,26H,7-8,10-11,13-14,16,18H2,1-4H3,(H,36,41)(H,34,37,40)/t26-/m1/s1. The number of carbonyl (C=O) groups is 2. The third-order valence-electron chi connectivity index (χ3n) is 9.30. The number of nitrogens with zero attached hydrogens (tertiary/aromatic N) is 5. The molecule has 212 valence electrons. The van der Waals surface area contributed by atoms with Crippen LogP contribution in [-0.4, -0.2) is 50.7 Å². The predicted octanol–water partition coefficient (Wildman–Crippen LogP) is 4.45. The van der Waals surface area contributed by atoms with Crippen LogP contribution in [0.15, 0.2) is 35.6 Å². The van der Waals surface area contributed by atoms with Gasteiger partial charge in [0.05, 0.1) is 24.5 Å². The third kappa shape index (κ3) is 4.24. The monoisotopic (exact) mass is 551 g/mol. The van der Waals surface area contributed by atoms with Gasteiger partial charge in [-0.1, -0.05) is 32.9 Å². The van der Waals surface area contributed by atoms with Crippen molar-refractivity contribution in [2.75, 3.05) is 18.4 Å². The molecule has 4 aliphatic heterocycles. The van der Waals surface area contributed by atoms with Crippen LogP contribution in [0.25, 0.3) is 0 Å². The fourth-order valence-corrected chi connectivity index (χ4v) is 7.19. The molecule has 6 heterocycles. The lowest BCUT2D eigenvalue weighted by atomic mass is 9.74. The maximum absolute atomic E-state index is 13.8. The molecule has 1 spiro atoms. The number of benzene rings is 1. The molecular formula is C32H37N7O2. The summed E-state index contributed by atoms with van der Waals surface area (Å²) in [5, 5.41) is 6.30. The number of piperidine rings is 1. The number of aliphatic imine (C=N–C) groups is 1. The summed E-state index contributed by atoms with van der Waals surface area (Å²) in [6.45, 7) is 11.4. The van der Waals surface area contributed by atoms with E-state index in [2.05, 4.69) is 58.9 Å². The summed E-state index contributed by atoms with van der Waals surface area (Å²) in [7, 11) is 0. The first kappa shape index (κ1) is 25.9. The van der Waals surface area contributed by atoms with Gasteiger partial charge in [-0.05, 0) is 59.9 Å². The fraction of sp³-hybridized carbons (Fsp3) is 0.469. The maximum atomic E-state index is 13.8. The first-order valence-corrected chi connectivity index (χ1v) is 14.6. The number of imidazole rings is 1. The molecule has 3 amide bonds. The Balaban J connectivity index is 1.17. The fourth-order valence-electron chi connectivity index (χ4n) is 7.19. The molecule has 0 aliphatic carbocycles. The van der Waals surface area contributed by atoms with Crippen molar-refractivity contribution < 1.29 is 9.59 Å². The second-order valence-electron chi connectivity index (χ2n) is 13.3. The van der Waals surface area contributed by atoms with Crippen molar-refractivity contribution in [3.8, 4) is 0 Å². The van der Waals surface area contributed by atoms with Gasteiger partial charge in [0.2, 0.25) is 5.91 Å². The van der Waals surface area contributed by atoms with Gasteiger partial charge >= 0.3 is 6.03 Å². The molecule has 41 heavy (non-hydrogen) atoms. The molecule has 2 N–H and O–H groups in total. The highest BCUT2D eigenvalue weighted by Gasteiger charge is 2.49. The van der Waals surface area contributed by atoms with E-state index in [0.717, 1.165) is 30.9 Å². The second kappa shape index (κ2) is 9.26. The molecule has 9 nitrogen and oxygen atoms in total. The normalized spacial score (nSPS) is 20.2. The van der Waals surface area contributed by atoms with Gasteiger partial charge in [-0.2, -0.15) is 0 Å². The van der Waals surface area contributed by atoms with Gasteiger partial charge in [-0.3, -0.25) is 9.79 Å². The zero-order valence-corrected chi connectivity index (χ0v) is 24.3. The number of hydrogen-bond donors (Lipinski definition) is 2. The second-order valence-corrected chi connectivity index (χ2v) is 13.3. The van der Waals surface area contributed by atoms with Gasteiger partial charge < -0.3 is 20.1 Å². The van der Waals surface area contributed by atoms with Crippen LogP contribution < -0.4 is 10.6 Å². The average Bonchev–Trinajstić information content (AvgIpc) is 3.61. The summed E-state index contributed by atoms with van der Waals surface area (Å²) in [6, 6.07) is 5.78. The Hall–Kier alpha value is -4.01. The lowest BCUT2D eigenvalue weighted by Gasteiger charge is -2.38. The molecule has 9 heteroatoms. The average molecular weight is 552 g/mol. The lowest BCUT2D eigenvalue weighted by molar-refractivity contribution is -0.122. The van der Waals surface area contributed by atoms with Crippen molar-refractivity contribution in [3.63, 3.8) is 0 Å². The molecule has 1 saturated heterocycles. The first-order valence-electron chi connectivity index (χ1n) is 14.6. The van der Waals surface area contributed by atoms with Crippen LogP contribution in [0.3, 0.4) is 0 Å². The lowest BCUT2D eigenvalue weighted by Crippen LogP contribution is -2.51. The minimum absolute atomic E-state index is 0.00789. The van der Waals surface area contributed by atoms with Crippen LogP contribution in [0, 0.1) is 12.3 Å². The van der Waals surface area contributed by atoms with E-state index in [0.29, 0.717) is 38.2 Å². The van der Waals surface area contributed by atoms with Gasteiger partial charge in [0, 0.05) is 54.9 Å². The Kier molecular flexibility index (Phi) is 5.85. The first-order chi connectivity index (χ1) is 19.6. The highest BCUT2D eigenvalue weighted by atomic mass is 16.2. The highest BCUT2D eigenvalue weighted by Crippen LogP contribution is 2.44. The molecule has 0 saturated carbocycles. The quantitative estimate of drug-likeness (QED) is 0.491. The zero-order valence-electron chi connectivity index (χ0n) is 24.3. The van der Waals surface area contributed by atoms with Crippen molar-refractivity contribution >= 4 is 24.0 Å². The summed E-state index contributed by atoms with van der Waals surface area (Å²) in [4.78, 5) is 42.5. The van der Waals surface area contributed by atoms with Gasteiger partial charge in [-0.25, -0.2) is 14.8 Å². The smallest absolute Gasteiger partial charge is 0.317 e. The maximum Gasteiger partial charge on any atom is 0.317 e. The molecule has 2 aromatic heterocycles. The molecule has 1 atom stereocenters. The number of hydrogen-bond acceptors (Lipinski definition) is 5. The summed E-state index contributed by atoms with van der Waals surface area (Å²) >= 11 is 0. The minimum Gasteiger partial charge on any atom is -0.328 e. The number of aryl methyl sites for hydroxylation is 1. The van der Waals surface area contributed by atoms with E-state index in [1.54, 1.807) is 6.20 Å². The molecule has 4 aliphatic rings. The van der Waals surface area contributed by atoms with Gasteiger partial charge in [0.1, 0.15) is 11.6 Å². The van der Waals surface area contributed by atoms with Gasteiger partial charge in [0.15, 0.2) is 0 Å². The SMILES string of the molecule is Cc1cc2c(c3c1CN=C3)Cn1c(CC(C)(C)C)cnc1[C@H](NC(=O)N1CCC3(CC1)C(=O)Nc1ncccc13)C2. The molecule has 1 fully saturated rings. The zero-order chi connectivity index (χ0) is 28.5. The van der Waals surface area contributed by atoms with Crippen molar-refractivity contribution in [2.45, 2.75) is 77.9 Å². The highest BCUT2D eigenvalue weighted by molar-refractivity contribution is 6.05. The predicted molar refractivity (Wildman–Crippen MR) is 157 cm³/mol. The molecule has 1 aromatic carbocycles. The Morgan fingerprint density at radius 1 is 1.20 bits per heavy atom. The Morgan fingerprint density at radius 2 is 2.00 bits per heavy atom. The number of carbonyl (C=O) groups excluding carboxylic acids is 2. The molecule has 3 aromatic rings. The van der Waals surface area contributed by atoms with Crippen molar-refractivity contribution in [3.05, 3.63) is 75.5 Å². The van der Waals surface area contributed by atoms with Crippen LogP contribution in [-0.2, 0) is 36.1 Å². The van der Waals surface area contributed by atoms with E-state index in [-0.39, 0.29) is 23.4 Å². The van der Waals surface area contributed by atoms with Crippen molar-refractivity contribution in [1.82, 2.24) is 24.8 Å². The summed E-state index contributed by atoms with van der Waals surface area (Å²) in [5.74, 6) is 1.54. The summed E-state index contributed by atoms with van der Waals surface area (Å²) in [5.41, 5.74) is 7.95. The number of aromatic nitrogens is 3. The number of rotatable bonds is 2. The van der Waals surface area contributed by atoms with Crippen LogP contribution in [0.1, 0.15) is 84.6 Å². The Labute approximate surface area is 240 Å².